The number of aromatic nitrogens is 2. The van der Waals surface area contributed by atoms with E-state index in [1.165, 1.54) is 0 Å². The highest BCUT2D eigenvalue weighted by Crippen LogP contribution is 2.02. The van der Waals surface area contributed by atoms with Crippen molar-refractivity contribution >= 4 is 5.91 Å². The highest BCUT2D eigenvalue weighted by molar-refractivity contribution is 5.75. The summed E-state index contributed by atoms with van der Waals surface area (Å²) < 4.78 is 5.06. The fourth-order valence-electron chi connectivity index (χ4n) is 1.49. The normalized spacial score (nSPS) is 11.0. The van der Waals surface area contributed by atoms with Crippen molar-refractivity contribution in [1.82, 2.24) is 15.5 Å². The molecule has 0 atom stereocenters. The maximum absolute atomic E-state index is 11.5. The van der Waals surface area contributed by atoms with E-state index in [2.05, 4.69) is 22.4 Å². The lowest BCUT2D eigenvalue weighted by Gasteiger charge is -2.01. The summed E-state index contributed by atoms with van der Waals surface area (Å²) in [5, 5.41) is 6.68. The van der Waals surface area contributed by atoms with Crippen molar-refractivity contribution in [1.29, 1.82) is 0 Å². The summed E-state index contributed by atoms with van der Waals surface area (Å²) in [6.07, 6.45) is 7.57. The number of aryl methyl sites for hydroxylation is 2. The molecule has 0 unspecified atom stereocenters. The van der Waals surface area contributed by atoms with Crippen molar-refractivity contribution in [3.8, 4) is 0 Å². The molecule has 0 aromatic carbocycles. The van der Waals surface area contributed by atoms with Gasteiger partial charge in [-0.3, -0.25) is 4.79 Å². The molecule has 1 aromatic rings. The van der Waals surface area contributed by atoms with Gasteiger partial charge in [-0.2, -0.15) is 4.98 Å². The topological polar surface area (TPSA) is 68.0 Å². The molecule has 0 saturated heterocycles. The second-order valence-corrected chi connectivity index (χ2v) is 4.06. The Morgan fingerprint density at radius 3 is 3.00 bits per heavy atom. The fourth-order valence-corrected chi connectivity index (χ4v) is 1.49. The maximum atomic E-state index is 11.5. The summed E-state index contributed by atoms with van der Waals surface area (Å²) in [4.78, 5) is 15.7. The van der Waals surface area contributed by atoms with Crippen molar-refractivity contribution in [2.45, 2.75) is 46.0 Å². The Morgan fingerprint density at radius 1 is 1.44 bits per heavy atom. The van der Waals surface area contributed by atoms with E-state index in [0.29, 0.717) is 25.3 Å². The summed E-state index contributed by atoms with van der Waals surface area (Å²) in [6, 6.07) is 0. The molecule has 0 saturated carbocycles. The van der Waals surface area contributed by atoms with Crippen molar-refractivity contribution < 1.29 is 9.32 Å². The van der Waals surface area contributed by atoms with Crippen LogP contribution in [0.1, 0.15) is 44.8 Å². The first kappa shape index (κ1) is 14.4. The van der Waals surface area contributed by atoms with Gasteiger partial charge in [0.2, 0.25) is 11.8 Å². The Balaban J connectivity index is 2.20. The minimum atomic E-state index is 0.0229. The summed E-state index contributed by atoms with van der Waals surface area (Å²) in [6.45, 7) is 4.70. The van der Waals surface area contributed by atoms with Gasteiger partial charge < -0.3 is 9.84 Å². The molecule has 1 heterocycles. The van der Waals surface area contributed by atoms with E-state index in [4.69, 9.17) is 4.52 Å². The Labute approximate surface area is 108 Å². The van der Waals surface area contributed by atoms with Gasteiger partial charge in [0.25, 0.3) is 0 Å². The van der Waals surface area contributed by atoms with E-state index in [1.807, 2.05) is 19.1 Å². The molecule has 0 bridgehead atoms. The van der Waals surface area contributed by atoms with E-state index in [9.17, 15) is 4.79 Å². The molecule has 0 aliphatic heterocycles. The minimum Gasteiger partial charge on any atom is -0.356 e. The van der Waals surface area contributed by atoms with Crippen LogP contribution in [0, 0.1) is 0 Å². The van der Waals surface area contributed by atoms with Crippen LogP contribution in [0.4, 0.5) is 0 Å². The number of allylic oxidation sites excluding steroid dienone is 1. The molecule has 1 aromatic heterocycles. The standard InChI is InChI=1S/C13H21N3O2/c1-3-5-6-10-14-12(17)8-9-13-15-11(7-4-2)16-18-13/h3,5H,4,6-10H2,1-2H3,(H,14,17)/b5-3+. The van der Waals surface area contributed by atoms with E-state index in [0.717, 1.165) is 25.1 Å². The number of hydrogen-bond acceptors (Lipinski definition) is 4. The first-order valence-corrected chi connectivity index (χ1v) is 6.45. The molecular weight excluding hydrogens is 230 g/mol. The lowest BCUT2D eigenvalue weighted by atomic mass is 10.3. The van der Waals surface area contributed by atoms with Gasteiger partial charge in [0.05, 0.1) is 0 Å². The number of nitrogens with one attached hydrogen (secondary N) is 1. The van der Waals surface area contributed by atoms with Crippen molar-refractivity contribution in [2.24, 2.45) is 0 Å². The molecule has 0 fully saturated rings. The molecule has 5 heteroatoms. The average molecular weight is 251 g/mol. The zero-order valence-corrected chi connectivity index (χ0v) is 11.1. The van der Waals surface area contributed by atoms with E-state index in [-0.39, 0.29) is 5.91 Å². The molecular formula is C13H21N3O2. The number of amides is 1. The molecule has 1 rings (SSSR count). The number of carbonyl (C=O) groups is 1. The molecule has 1 N–H and O–H groups in total. The molecule has 1 amide bonds. The highest BCUT2D eigenvalue weighted by Gasteiger charge is 2.08. The molecule has 5 nitrogen and oxygen atoms in total. The van der Waals surface area contributed by atoms with Gasteiger partial charge >= 0.3 is 0 Å². The van der Waals surface area contributed by atoms with Gasteiger partial charge in [-0.1, -0.05) is 24.2 Å². The number of carbonyl (C=O) groups excluding carboxylic acids is 1. The van der Waals surface area contributed by atoms with Crippen LogP contribution in [0.15, 0.2) is 16.7 Å². The third-order valence-electron chi connectivity index (χ3n) is 2.42. The van der Waals surface area contributed by atoms with Gasteiger partial charge in [0, 0.05) is 25.8 Å². The Morgan fingerprint density at radius 2 is 2.28 bits per heavy atom. The molecule has 100 valence electrons. The molecule has 0 radical (unpaired) electrons. The first-order chi connectivity index (χ1) is 8.76. The fraction of sp³-hybridized carbons (Fsp3) is 0.615. The SMILES string of the molecule is C/C=C/CCNC(=O)CCc1nc(CCC)no1. The maximum Gasteiger partial charge on any atom is 0.227 e. The average Bonchev–Trinajstić information content (AvgIpc) is 2.80. The van der Waals surface area contributed by atoms with Crippen molar-refractivity contribution in [2.75, 3.05) is 6.54 Å². The summed E-state index contributed by atoms with van der Waals surface area (Å²) in [5.74, 6) is 1.29. The summed E-state index contributed by atoms with van der Waals surface area (Å²) in [5.41, 5.74) is 0. The Bertz CT molecular complexity index is 385. The first-order valence-electron chi connectivity index (χ1n) is 6.45. The van der Waals surface area contributed by atoms with Gasteiger partial charge in [0.1, 0.15) is 0 Å². The van der Waals surface area contributed by atoms with Gasteiger partial charge in [0.15, 0.2) is 5.82 Å². The van der Waals surface area contributed by atoms with Crippen molar-refractivity contribution in [3.63, 3.8) is 0 Å². The van der Waals surface area contributed by atoms with Crippen LogP contribution >= 0.6 is 0 Å². The largest absolute Gasteiger partial charge is 0.356 e. The smallest absolute Gasteiger partial charge is 0.227 e. The quantitative estimate of drug-likeness (QED) is 0.567. The summed E-state index contributed by atoms with van der Waals surface area (Å²) in [7, 11) is 0. The third kappa shape index (κ3) is 5.61. The number of nitrogens with zero attached hydrogens (tertiary/aromatic N) is 2. The van der Waals surface area contributed by atoms with Crippen LogP contribution in [-0.2, 0) is 17.6 Å². The van der Waals surface area contributed by atoms with Crippen LogP contribution in [-0.4, -0.2) is 22.6 Å². The zero-order valence-electron chi connectivity index (χ0n) is 11.1. The molecule has 18 heavy (non-hydrogen) atoms. The van der Waals surface area contributed by atoms with E-state index < -0.39 is 0 Å². The van der Waals surface area contributed by atoms with E-state index in [1.54, 1.807) is 0 Å². The van der Waals surface area contributed by atoms with Crippen LogP contribution in [0.5, 0.6) is 0 Å². The second kappa shape index (κ2) is 8.44. The van der Waals surface area contributed by atoms with Gasteiger partial charge in [-0.25, -0.2) is 0 Å². The van der Waals surface area contributed by atoms with Gasteiger partial charge in [-0.05, 0) is 19.8 Å². The highest BCUT2D eigenvalue weighted by atomic mass is 16.5. The van der Waals surface area contributed by atoms with Crippen LogP contribution in [0.25, 0.3) is 0 Å². The Hall–Kier alpha value is -1.65. The van der Waals surface area contributed by atoms with Gasteiger partial charge in [-0.15, -0.1) is 0 Å². The van der Waals surface area contributed by atoms with E-state index >= 15 is 0 Å². The molecule has 0 aliphatic carbocycles. The monoisotopic (exact) mass is 251 g/mol. The zero-order chi connectivity index (χ0) is 13.2. The van der Waals surface area contributed by atoms with Crippen LogP contribution in [0.2, 0.25) is 0 Å². The van der Waals surface area contributed by atoms with Crippen LogP contribution < -0.4 is 5.32 Å². The minimum absolute atomic E-state index is 0.0229. The number of hydrogen-bond donors (Lipinski definition) is 1. The Kier molecular flexibility index (Phi) is 6.76. The third-order valence-corrected chi connectivity index (χ3v) is 2.42. The molecule has 0 aliphatic rings. The summed E-state index contributed by atoms with van der Waals surface area (Å²) >= 11 is 0. The molecule has 0 spiro atoms. The predicted molar refractivity (Wildman–Crippen MR) is 69.1 cm³/mol. The van der Waals surface area contributed by atoms with Crippen molar-refractivity contribution in [3.05, 3.63) is 23.9 Å². The lowest BCUT2D eigenvalue weighted by molar-refractivity contribution is -0.121. The predicted octanol–water partition coefficient (Wildman–Crippen LogP) is 2.04. The van der Waals surface area contributed by atoms with Crippen LogP contribution in [0.3, 0.4) is 0 Å². The second-order valence-electron chi connectivity index (χ2n) is 4.06. The lowest BCUT2D eigenvalue weighted by Crippen LogP contribution is -2.24. The number of rotatable bonds is 8.